The summed E-state index contributed by atoms with van der Waals surface area (Å²) in [6.45, 7) is 0.869. The molecular weight excluding hydrogens is 396 g/mol. The molecule has 28 heavy (non-hydrogen) atoms. The third-order valence-corrected chi connectivity index (χ3v) is 8.15. The molecule has 1 aromatic carbocycles. The molecule has 0 bridgehead atoms. The number of nitrogens with one attached hydrogen (secondary N) is 1. The Morgan fingerprint density at radius 3 is 2.43 bits per heavy atom. The highest BCUT2D eigenvalue weighted by Crippen LogP contribution is 2.27. The lowest BCUT2D eigenvalue weighted by Gasteiger charge is -2.35. The Kier molecular flexibility index (Phi) is 7.77. The summed E-state index contributed by atoms with van der Waals surface area (Å²) in [5.74, 6) is 0.162. The molecule has 0 aromatic heterocycles. The molecule has 1 unspecified atom stereocenters. The molecule has 2 fully saturated rings. The van der Waals surface area contributed by atoms with E-state index in [4.69, 9.17) is 11.6 Å². The number of benzene rings is 1. The summed E-state index contributed by atoms with van der Waals surface area (Å²) in [5, 5.41) is 3.47. The summed E-state index contributed by atoms with van der Waals surface area (Å²) in [6, 6.07) is 6.21. The van der Waals surface area contributed by atoms with Crippen molar-refractivity contribution in [3.8, 4) is 0 Å². The number of carbonyl (C=O) groups is 1. The number of piperidine rings is 1. The minimum absolute atomic E-state index is 0.0712. The average Bonchev–Trinajstić information content (AvgIpc) is 2.66. The lowest BCUT2D eigenvalue weighted by Crippen LogP contribution is -2.50. The van der Waals surface area contributed by atoms with Crippen LogP contribution in [0.4, 0.5) is 0 Å². The van der Waals surface area contributed by atoms with Crippen LogP contribution in [0.3, 0.4) is 0 Å². The zero-order chi connectivity index (χ0) is 20.0. The second-order valence-electron chi connectivity index (χ2n) is 8.01. The first-order valence-electron chi connectivity index (χ1n) is 10.5. The fourth-order valence-electron chi connectivity index (χ4n) is 4.34. The van der Waals surface area contributed by atoms with Gasteiger partial charge in [0.25, 0.3) is 0 Å². The maximum atomic E-state index is 13.1. The van der Waals surface area contributed by atoms with E-state index in [1.807, 2.05) is 0 Å². The van der Waals surface area contributed by atoms with Crippen LogP contribution >= 0.6 is 11.6 Å². The molecule has 0 spiro atoms. The maximum absolute atomic E-state index is 13.1. The van der Waals surface area contributed by atoms with Crippen LogP contribution in [0.25, 0.3) is 0 Å². The molecule has 1 N–H and O–H groups in total. The lowest BCUT2D eigenvalue weighted by molar-refractivity contribution is -0.125. The monoisotopic (exact) mass is 426 g/mol. The molecule has 1 atom stereocenters. The molecule has 5 nitrogen and oxygen atoms in total. The first kappa shape index (κ1) is 21.6. The second kappa shape index (κ2) is 10.1. The number of hydrogen-bond donors (Lipinski definition) is 1. The Hall–Kier alpha value is -1.11. The lowest BCUT2D eigenvalue weighted by atomic mass is 9.90. The fraction of sp³-hybridized carbons (Fsp3) is 0.667. The standard InChI is InChI=1S/C21H31ClN2O3S/c22-18-11-8-13-20(15-18)28(26,27)24-14-7-6-12-19(24)16-23-21(25)17-9-4-2-1-3-5-10-17/h8,11,13,15,17,19H,1-7,9-10,12,14,16H2,(H,23,25). The molecular formula is C21H31ClN2O3S. The molecule has 1 aromatic rings. The van der Waals surface area contributed by atoms with Crippen LogP contribution < -0.4 is 5.32 Å². The first-order chi connectivity index (χ1) is 13.5. The average molecular weight is 427 g/mol. The van der Waals surface area contributed by atoms with Crippen LogP contribution in [0.2, 0.25) is 5.02 Å². The van der Waals surface area contributed by atoms with Crippen LogP contribution in [0, 0.1) is 5.92 Å². The molecule has 1 saturated carbocycles. The molecule has 1 heterocycles. The summed E-state index contributed by atoms with van der Waals surface area (Å²) in [4.78, 5) is 12.9. The van der Waals surface area contributed by atoms with Gasteiger partial charge in [-0.1, -0.05) is 56.2 Å². The number of halogens is 1. The van der Waals surface area contributed by atoms with Gasteiger partial charge in [0.05, 0.1) is 4.90 Å². The quantitative estimate of drug-likeness (QED) is 0.760. The highest BCUT2D eigenvalue weighted by atomic mass is 35.5. The number of carbonyl (C=O) groups excluding carboxylic acids is 1. The molecule has 156 valence electrons. The zero-order valence-electron chi connectivity index (χ0n) is 16.4. The summed E-state index contributed by atoms with van der Waals surface area (Å²) >= 11 is 6.00. The van der Waals surface area contributed by atoms with Gasteiger partial charge < -0.3 is 5.32 Å². The Balaban J connectivity index is 1.65. The molecule has 1 aliphatic heterocycles. The Morgan fingerprint density at radius 1 is 1.04 bits per heavy atom. The minimum atomic E-state index is -3.62. The number of nitrogens with zero attached hydrogens (tertiary/aromatic N) is 1. The predicted octanol–water partition coefficient (Wildman–Crippen LogP) is 4.36. The zero-order valence-corrected chi connectivity index (χ0v) is 18.0. The number of rotatable bonds is 5. The Labute approximate surface area is 173 Å². The van der Waals surface area contributed by atoms with Gasteiger partial charge in [-0.25, -0.2) is 8.42 Å². The normalized spacial score (nSPS) is 23.0. The summed E-state index contributed by atoms with van der Waals surface area (Å²) in [5.41, 5.74) is 0. The SMILES string of the molecule is O=C(NCC1CCCCN1S(=O)(=O)c1cccc(Cl)c1)C1CCCCCCC1. The molecule has 1 aliphatic carbocycles. The van der Waals surface area contributed by atoms with Crippen molar-refractivity contribution < 1.29 is 13.2 Å². The summed E-state index contributed by atoms with van der Waals surface area (Å²) in [6.07, 6.45) is 10.4. The van der Waals surface area contributed by atoms with Crippen molar-refractivity contribution in [1.29, 1.82) is 0 Å². The van der Waals surface area contributed by atoms with Crippen molar-refractivity contribution in [1.82, 2.24) is 9.62 Å². The van der Waals surface area contributed by atoms with Crippen molar-refractivity contribution >= 4 is 27.5 Å². The van der Waals surface area contributed by atoms with E-state index in [1.54, 1.807) is 22.5 Å². The maximum Gasteiger partial charge on any atom is 0.243 e. The molecule has 1 saturated heterocycles. The highest BCUT2D eigenvalue weighted by molar-refractivity contribution is 7.89. The second-order valence-corrected chi connectivity index (χ2v) is 10.3. The van der Waals surface area contributed by atoms with Crippen LogP contribution in [-0.2, 0) is 14.8 Å². The van der Waals surface area contributed by atoms with Crippen molar-refractivity contribution in [2.45, 2.75) is 75.1 Å². The van der Waals surface area contributed by atoms with E-state index in [9.17, 15) is 13.2 Å². The summed E-state index contributed by atoms with van der Waals surface area (Å²) in [7, 11) is -3.62. The Morgan fingerprint density at radius 2 is 1.71 bits per heavy atom. The van der Waals surface area contributed by atoms with E-state index in [0.29, 0.717) is 18.1 Å². The van der Waals surface area contributed by atoms with Gasteiger partial charge in [-0.15, -0.1) is 0 Å². The van der Waals surface area contributed by atoms with Crippen molar-refractivity contribution in [2.75, 3.05) is 13.1 Å². The van der Waals surface area contributed by atoms with Gasteiger partial charge in [-0.2, -0.15) is 4.31 Å². The van der Waals surface area contributed by atoms with E-state index in [2.05, 4.69) is 5.32 Å². The first-order valence-corrected chi connectivity index (χ1v) is 12.4. The van der Waals surface area contributed by atoms with Gasteiger partial charge in [0.15, 0.2) is 0 Å². The van der Waals surface area contributed by atoms with Crippen LogP contribution in [0.5, 0.6) is 0 Å². The number of hydrogen-bond acceptors (Lipinski definition) is 3. The van der Waals surface area contributed by atoms with Gasteiger partial charge in [0.2, 0.25) is 15.9 Å². The smallest absolute Gasteiger partial charge is 0.243 e. The third-order valence-electron chi connectivity index (χ3n) is 5.96. The van der Waals surface area contributed by atoms with Gasteiger partial charge in [0, 0.05) is 30.1 Å². The topological polar surface area (TPSA) is 66.5 Å². The third kappa shape index (κ3) is 5.49. The van der Waals surface area contributed by atoms with E-state index in [1.165, 1.54) is 25.3 Å². The predicted molar refractivity (Wildman–Crippen MR) is 112 cm³/mol. The molecule has 0 radical (unpaired) electrons. The van der Waals surface area contributed by atoms with Gasteiger partial charge >= 0.3 is 0 Å². The van der Waals surface area contributed by atoms with Crippen LogP contribution in [-0.4, -0.2) is 37.8 Å². The van der Waals surface area contributed by atoms with Crippen LogP contribution in [0.1, 0.15) is 64.2 Å². The molecule has 7 heteroatoms. The van der Waals surface area contributed by atoms with Crippen molar-refractivity contribution in [3.05, 3.63) is 29.3 Å². The minimum Gasteiger partial charge on any atom is -0.354 e. The molecule has 3 rings (SSSR count). The van der Waals surface area contributed by atoms with Gasteiger partial charge in [0.1, 0.15) is 0 Å². The van der Waals surface area contributed by atoms with Crippen molar-refractivity contribution in [3.63, 3.8) is 0 Å². The van der Waals surface area contributed by atoms with Crippen molar-refractivity contribution in [2.24, 2.45) is 5.92 Å². The van der Waals surface area contributed by atoms with E-state index in [0.717, 1.165) is 44.9 Å². The highest BCUT2D eigenvalue weighted by Gasteiger charge is 2.34. The molecule has 1 amide bonds. The fourth-order valence-corrected chi connectivity index (χ4v) is 6.33. The number of amides is 1. The number of sulfonamides is 1. The molecule has 2 aliphatic rings. The van der Waals surface area contributed by atoms with E-state index in [-0.39, 0.29) is 22.8 Å². The summed E-state index contributed by atoms with van der Waals surface area (Å²) < 4.78 is 27.8. The van der Waals surface area contributed by atoms with E-state index >= 15 is 0 Å². The Bertz CT molecular complexity index is 761. The van der Waals surface area contributed by atoms with E-state index < -0.39 is 10.0 Å². The largest absolute Gasteiger partial charge is 0.354 e. The van der Waals surface area contributed by atoms with Gasteiger partial charge in [-0.05, 0) is 43.9 Å². The van der Waals surface area contributed by atoms with Crippen LogP contribution in [0.15, 0.2) is 29.2 Å². The van der Waals surface area contributed by atoms with Gasteiger partial charge in [-0.3, -0.25) is 4.79 Å².